The van der Waals surface area contributed by atoms with E-state index in [9.17, 15) is 0 Å². The third-order valence-electron chi connectivity index (χ3n) is 2.80. The summed E-state index contributed by atoms with van der Waals surface area (Å²) in [7, 11) is 0. The molecular weight excluding hydrogens is 284 g/mol. The van der Waals surface area contributed by atoms with Crippen molar-refractivity contribution in [1.82, 2.24) is 19.9 Å². The number of fused-ring (bicyclic) bond motifs is 1. The van der Waals surface area contributed by atoms with Crippen LogP contribution in [0, 0.1) is 12.3 Å². The highest BCUT2D eigenvalue weighted by atomic mass is 32.2. The average Bonchev–Trinajstić information content (AvgIpc) is 2.47. The summed E-state index contributed by atoms with van der Waals surface area (Å²) in [4.78, 5) is 17.2. The molecule has 3 rings (SSSR count). The lowest BCUT2D eigenvalue weighted by Crippen LogP contribution is -2.14. The van der Waals surface area contributed by atoms with Crippen LogP contribution >= 0.6 is 11.8 Å². The molecular formula is C14H12N6S. The van der Waals surface area contributed by atoms with Gasteiger partial charge in [-0.25, -0.2) is 19.9 Å². The minimum atomic E-state index is -0.0742. The summed E-state index contributed by atoms with van der Waals surface area (Å²) in [5.41, 5.74) is 7.54. The Morgan fingerprint density at radius 3 is 2.81 bits per heavy atom. The molecule has 0 fully saturated rings. The van der Waals surface area contributed by atoms with E-state index in [1.807, 2.05) is 31.2 Å². The quantitative estimate of drug-likeness (QED) is 0.332. The number of nitrogen functional groups attached to an aromatic ring is 1. The number of aromatic nitrogens is 4. The minimum absolute atomic E-state index is 0.0742. The van der Waals surface area contributed by atoms with E-state index >= 15 is 0 Å². The van der Waals surface area contributed by atoms with Crippen LogP contribution in [0.15, 0.2) is 46.8 Å². The normalized spacial score (nSPS) is 10.7. The van der Waals surface area contributed by atoms with Crippen LogP contribution in [0.25, 0.3) is 10.9 Å². The molecule has 3 aromatic rings. The lowest BCUT2D eigenvalue weighted by molar-refractivity contribution is 0.917. The van der Waals surface area contributed by atoms with E-state index in [2.05, 4.69) is 19.9 Å². The Labute approximate surface area is 125 Å². The van der Waals surface area contributed by atoms with Crippen molar-refractivity contribution >= 4 is 28.5 Å². The predicted octanol–water partition coefficient (Wildman–Crippen LogP) is 2.16. The van der Waals surface area contributed by atoms with Gasteiger partial charge in [-0.05, 0) is 30.8 Å². The van der Waals surface area contributed by atoms with E-state index in [4.69, 9.17) is 11.1 Å². The van der Waals surface area contributed by atoms with Crippen LogP contribution in [0.1, 0.15) is 11.4 Å². The van der Waals surface area contributed by atoms with Crippen molar-refractivity contribution < 1.29 is 0 Å². The standard InChI is InChI=1S/C14H12N6S/c1-8-6-11(12(15)16)20-14(19-8)21-13-9-4-2-3-5-10(9)17-7-18-13/h2-7H,1H3,(H3,15,16). The van der Waals surface area contributed by atoms with Gasteiger partial charge in [-0.2, -0.15) is 0 Å². The molecule has 0 spiro atoms. The summed E-state index contributed by atoms with van der Waals surface area (Å²) in [6.07, 6.45) is 1.52. The van der Waals surface area contributed by atoms with Gasteiger partial charge in [-0.3, -0.25) is 5.41 Å². The number of benzene rings is 1. The molecule has 0 amide bonds. The molecule has 3 N–H and O–H groups in total. The lowest BCUT2D eigenvalue weighted by Gasteiger charge is -2.06. The van der Waals surface area contributed by atoms with Gasteiger partial charge in [0.1, 0.15) is 22.9 Å². The highest BCUT2D eigenvalue weighted by molar-refractivity contribution is 7.99. The fraction of sp³-hybridized carbons (Fsp3) is 0.0714. The molecule has 0 aliphatic heterocycles. The number of para-hydroxylation sites is 1. The second-order valence-corrected chi connectivity index (χ2v) is 5.34. The van der Waals surface area contributed by atoms with Crippen molar-refractivity contribution in [2.24, 2.45) is 5.73 Å². The van der Waals surface area contributed by atoms with E-state index in [1.165, 1.54) is 18.1 Å². The Kier molecular flexibility index (Phi) is 3.49. The summed E-state index contributed by atoms with van der Waals surface area (Å²) in [5.74, 6) is -0.0742. The number of nitrogens with two attached hydrogens (primary N) is 1. The fourth-order valence-corrected chi connectivity index (χ4v) is 2.76. The Balaban J connectivity index is 2.05. The highest BCUT2D eigenvalue weighted by Crippen LogP contribution is 2.28. The molecule has 0 aliphatic carbocycles. The van der Waals surface area contributed by atoms with Crippen molar-refractivity contribution in [3.8, 4) is 0 Å². The summed E-state index contributed by atoms with van der Waals surface area (Å²) in [6.45, 7) is 1.84. The fourth-order valence-electron chi connectivity index (χ4n) is 1.87. The average molecular weight is 296 g/mol. The molecule has 0 saturated heterocycles. The van der Waals surface area contributed by atoms with Gasteiger partial charge in [0.15, 0.2) is 5.16 Å². The molecule has 6 nitrogen and oxygen atoms in total. The minimum Gasteiger partial charge on any atom is -0.382 e. The van der Waals surface area contributed by atoms with Gasteiger partial charge in [0, 0.05) is 11.1 Å². The maximum Gasteiger partial charge on any atom is 0.194 e. The van der Waals surface area contributed by atoms with E-state index < -0.39 is 0 Å². The third-order valence-corrected chi connectivity index (χ3v) is 3.69. The van der Waals surface area contributed by atoms with Crippen LogP contribution in [0.3, 0.4) is 0 Å². The Hall–Kier alpha value is -2.54. The van der Waals surface area contributed by atoms with E-state index in [0.29, 0.717) is 10.9 Å². The highest BCUT2D eigenvalue weighted by Gasteiger charge is 2.10. The van der Waals surface area contributed by atoms with Crippen LogP contribution in [-0.2, 0) is 0 Å². The van der Waals surface area contributed by atoms with Crippen molar-refractivity contribution in [3.05, 3.63) is 48.0 Å². The zero-order valence-corrected chi connectivity index (χ0v) is 12.1. The first-order valence-electron chi connectivity index (χ1n) is 6.21. The summed E-state index contributed by atoms with van der Waals surface area (Å²) in [5, 5.41) is 9.73. The molecule has 104 valence electrons. The number of hydrogen-bond donors (Lipinski definition) is 2. The molecule has 2 heterocycles. The number of aryl methyl sites for hydroxylation is 1. The van der Waals surface area contributed by atoms with Gasteiger partial charge in [0.25, 0.3) is 0 Å². The number of amidine groups is 1. The predicted molar refractivity (Wildman–Crippen MR) is 81.4 cm³/mol. The maximum atomic E-state index is 7.49. The van der Waals surface area contributed by atoms with Crippen LogP contribution in [0.4, 0.5) is 0 Å². The number of hydrogen-bond acceptors (Lipinski definition) is 6. The molecule has 0 saturated carbocycles. The molecule has 0 atom stereocenters. The first kappa shape index (κ1) is 13.4. The number of nitrogens with zero attached hydrogens (tertiary/aromatic N) is 4. The third kappa shape index (κ3) is 2.82. The monoisotopic (exact) mass is 296 g/mol. The number of rotatable bonds is 3. The Morgan fingerprint density at radius 2 is 2.00 bits per heavy atom. The molecule has 0 unspecified atom stereocenters. The van der Waals surface area contributed by atoms with Gasteiger partial charge >= 0.3 is 0 Å². The lowest BCUT2D eigenvalue weighted by atomic mass is 10.2. The SMILES string of the molecule is Cc1cc(C(=N)N)nc(Sc2ncnc3ccccc23)n1. The van der Waals surface area contributed by atoms with Crippen LogP contribution in [-0.4, -0.2) is 25.8 Å². The van der Waals surface area contributed by atoms with Gasteiger partial charge in [-0.1, -0.05) is 18.2 Å². The molecule has 1 aromatic carbocycles. The smallest absolute Gasteiger partial charge is 0.194 e. The zero-order valence-electron chi connectivity index (χ0n) is 11.2. The van der Waals surface area contributed by atoms with Crippen molar-refractivity contribution in [2.45, 2.75) is 17.1 Å². The van der Waals surface area contributed by atoms with Gasteiger partial charge in [0.05, 0.1) is 5.52 Å². The molecule has 0 bridgehead atoms. The van der Waals surface area contributed by atoms with Gasteiger partial charge < -0.3 is 5.73 Å². The van der Waals surface area contributed by atoms with Crippen molar-refractivity contribution in [2.75, 3.05) is 0 Å². The van der Waals surface area contributed by atoms with Crippen LogP contribution in [0.5, 0.6) is 0 Å². The Bertz CT molecular complexity index is 827. The largest absolute Gasteiger partial charge is 0.382 e. The summed E-state index contributed by atoms with van der Waals surface area (Å²) >= 11 is 1.34. The topological polar surface area (TPSA) is 101 Å². The van der Waals surface area contributed by atoms with Gasteiger partial charge in [-0.15, -0.1) is 0 Å². The van der Waals surface area contributed by atoms with E-state index in [-0.39, 0.29) is 5.84 Å². The van der Waals surface area contributed by atoms with Gasteiger partial charge in [0.2, 0.25) is 0 Å². The van der Waals surface area contributed by atoms with E-state index in [1.54, 1.807) is 6.07 Å². The molecule has 21 heavy (non-hydrogen) atoms. The zero-order chi connectivity index (χ0) is 14.8. The molecule has 0 aliphatic rings. The van der Waals surface area contributed by atoms with Crippen molar-refractivity contribution in [3.63, 3.8) is 0 Å². The molecule has 2 aromatic heterocycles. The molecule has 7 heteroatoms. The van der Waals surface area contributed by atoms with Crippen molar-refractivity contribution in [1.29, 1.82) is 5.41 Å². The van der Waals surface area contributed by atoms with Crippen LogP contribution in [0.2, 0.25) is 0 Å². The maximum absolute atomic E-state index is 7.49. The first-order valence-corrected chi connectivity index (χ1v) is 7.03. The summed E-state index contributed by atoms with van der Waals surface area (Å²) in [6, 6.07) is 9.44. The van der Waals surface area contributed by atoms with E-state index in [0.717, 1.165) is 21.6 Å². The van der Waals surface area contributed by atoms with Crippen LogP contribution < -0.4 is 5.73 Å². The number of nitrogens with one attached hydrogen (secondary N) is 1. The second-order valence-electron chi connectivity index (χ2n) is 4.39. The second kappa shape index (κ2) is 5.45. The molecule has 0 radical (unpaired) electrons. The summed E-state index contributed by atoms with van der Waals surface area (Å²) < 4.78 is 0. The Morgan fingerprint density at radius 1 is 1.19 bits per heavy atom. The first-order chi connectivity index (χ1) is 10.1.